The standard InChI is InChI=1S/C15H11ClN2O3/c16-10-6-4-9(5-7-10)15(20)17-11-2-1-3-12-14(11)18-13(19)8-21-12/h1-7H,8H2,(H,17,20)(H,18,19). The lowest BCUT2D eigenvalue weighted by Gasteiger charge is -2.20. The van der Waals surface area contributed by atoms with Crippen LogP contribution in [0.15, 0.2) is 42.5 Å². The lowest BCUT2D eigenvalue weighted by molar-refractivity contribution is -0.118. The van der Waals surface area contributed by atoms with Gasteiger partial charge in [-0.15, -0.1) is 0 Å². The second-order valence-electron chi connectivity index (χ2n) is 4.48. The number of fused-ring (bicyclic) bond motifs is 1. The van der Waals surface area contributed by atoms with Gasteiger partial charge in [0.2, 0.25) is 0 Å². The first-order chi connectivity index (χ1) is 10.1. The molecule has 0 fully saturated rings. The second kappa shape index (κ2) is 5.46. The highest BCUT2D eigenvalue weighted by Crippen LogP contribution is 2.34. The van der Waals surface area contributed by atoms with Crippen molar-refractivity contribution in [1.29, 1.82) is 0 Å². The quantitative estimate of drug-likeness (QED) is 0.896. The van der Waals surface area contributed by atoms with Gasteiger partial charge < -0.3 is 15.4 Å². The van der Waals surface area contributed by atoms with E-state index in [-0.39, 0.29) is 18.4 Å². The Balaban J connectivity index is 1.87. The van der Waals surface area contributed by atoms with E-state index in [4.69, 9.17) is 16.3 Å². The van der Waals surface area contributed by atoms with E-state index in [2.05, 4.69) is 10.6 Å². The summed E-state index contributed by atoms with van der Waals surface area (Å²) in [4.78, 5) is 23.6. The van der Waals surface area contributed by atoms with E-state index in [1.54, 1.807) is 42.5 Å². The van der Waals surface area contributed by atoms with Crippen molar-refractivity contribution in [2.24, 2.45) is 0 Å². The third-order valence-electron chi connectivity index (χ3n) is 3.00. The number of rotatable bonds is 2. The first-order valence-electron chi connectivity index (χ1n) is 6.26. The van der Waals surface area contributed by atoms with Crippen LogP contribution in [0.1, 0.15) is 10.4 Å². The molecule has 2 aromatic carbocycles. The van der Waals surface area contributed by atoms with Gasteiger partial charge in [0.05, 0.1) is 5.69 Å². The largest absolute Gasteiger partial charge is 0.481 e. The SMILES string of the molecule is O=C1COc2cccc(NC(=O)c3ccc(Cl)cc3)c2N1. The number of para-hydroxylation sites is 1. The van der Waals surface area contributed by atoms with Gasteiger partial charge in [0, 0.05) is 10.6 Å². The lowest BCUT2D eigenvalue weighted by Crippen LogP contribution is -2.26. The number of benzene rings is 2. The lowest BCUT2D eigenvalue weighted by atomic mass is 10.2. The van der Waals surface area contributed by atoms with Gasteiger partial charge in [0.1, 0.15) is 11.4 Å². The number of hydrogen-bond donors (Lipinski definition) is 2. The molecule has 0 saturated heterocycles. The third-order valence-corrected chi connectivity index (χ3v) is 3.26. The van der Waals surface area contributed by atoms with E-state index in [0.717, 1.165) is 0 Å². The van der Waals surface area contributed by atoms with Gasteiger partial charge in [-0.2, -0.15) is 0 Å². The van der Waals surface area contributed by atoms with Crippen LogP contribution in [0.2, 0.25) is 5.02 Å². The van der Waals surface area contributed by atoms with Crippen molar-refractivity contribution in [2.75, 3.05) is 17.2 Å². The number of ether oxygens (including phenoxy) is 1. The van der Waals surface area contributed by atoms with Crippen LogP contribution in [0.4, 0.5) is 11.4 Å². The smallest absolute Gasteiger partial charge is 0.262 e. The van der Waals surface area contributed by atoms with E-state index >= 15 is 0 Å². The van der Waals surface area contributed by atoms with Crippen molar-refractivity contribution in [3.8, 4) is 5.75 Å². The van der Waals surface area contributed by atoms with Crippen LogP contribution in [-0.2, 0) is 4.79 Å². The van der Waals surface area contributed by atoms with Crippen LogP contribution in [0.25, 0.3) is 0 Å². The molecule has 2 N–H and O–H groups in total. The minimum absolute atomic E-state index is 0.0262. The summed E-state index contributed by atoms with van der Waals surface area (Å²) in [6.45, 7) is -0.0262. The van der Waals surface area contributed by atoms with Crippen molar-refractivity contribution in [2.45, 2.75) is 0 Å². The summed E-state index contributed by atoms with van der Waals surface area (Å²) in [5, 5.41) is 6.00. The number of hydrogen-bond acceptors (Lipinski definition) is 3. The van der Waals surface area contributed by atoms with Crippen molar-refractivity contribution in [3.05, 3.63) is 53.1 Å². The number of carbonyl (C=O) groups is 2. The summed E-state index contributed by atoms with van der Waals surface area (Å²) in [6, 6.07) is 11.7. The molecule has 0 unspecified atom stereocenters. The molecule has 0 aliphatic carbocycles. The molecule has 3 rings (SSSR count). The van der Waals surface area contributed by atoms with Gasteiger partial charge in [-0.3, -0.25) is 9.59 Å². The summed E-state index contributed by atoms with van der Waals surface area (Å²) in [5.74, 6) is -0.0147. The van der Waals surface area contributed by atoms with Crippen molar-refractivity contribution >= 4 is 34.8 Å². The molecule has 6 heteroatoms. The number of nitrogens with one attached hydrogen (secondary N) is 2. The highest BCUT2D eigenvalue weighted by molar-refractivity contribution is 6.30. The summed E-state index contributed by atoms with van der Waals surface area (Å²) in [6.07, 6.45) is 0. The number of anilines is 2. The van der Waals surface area contributed by atoms with Crippen molar-refractivity contribution in [3.63, 3.8) is 0 Å². The van der Waals surface area contributed by atoms with Gasteiger partial charge in [-0.1, -0.05) is 17.7 Å². The maximum absolute atomic E-state index is 12.2. The minimum atomic E-state index is -0.292. The van der Waals surface area contributed by atoms with Crippen LogP contribution in [0, 0.1) is 0 Å². The number of halogens is 1. The molecule has 1 heterocycles. The van der Waals surface area contributed by atoms with Crippen LogP contribution in [0.5, 0.6) is 5.75 Å². The molecule has 21 heavy (non-hydrogen) atoms. The Labute approximate surface area is 125 Å². The van der Waals surface area contributed by atoms with Gasteiger partial charge in [0.25, 0.3) is 11.8 Å². The molecule has 106 valence electrons. The van der Waals surface area contributed by atoms with Crippen molar-refractivity contribution in [1.82, 2.24) is 0 Å². The third kappa shape index (κ3) is 2.83. The van der Waals surface area contributed by atoms with Crippen LogP contribution >= 0.6 is 11.6 Å². The Bertz CT molecular complexity index is 713. The molecule has 0 atom stereocenters. The van der Waals surface area contributed by atoms with E-state index in [9.17, 15) is 9.59 Å². The van der Waals surface area contributed by atoms with Crippen LogP contribution in [0.3, 0.4) is 0 Å². The maximum Gasteiger partial charge on any atom is 0.262 e. The molecule has 0 bridgehead atoms. The van der Waals surface area contributed by atoms with Gasteiger partial charge in [-0.25, -0.2) is 0 Å². The average molecular weight is 303 g/mol. The zero-order valence-corrected chi connectivity index (χ0v) is 11.6. The van der Waals surface area contributed by atoms with Gasteiger partial charge >= 0.3 is 0 Å². The second-order valence-corrected chi connectivity index (χ2v) is 4.91. The molecule has 0 radical (unpaired) electrons. The topological polar surface area (TPSA) is 67.4 Å². The number of carbonyl (C=O) groups excluding carboxylic acids is 2. The molecule has 0 aromatic heterocycles. The predicted molar refractivity (Wildman–Crippen MR) is 80.0 cm³/mol. The Kier molecular flexibility index (Phi) is 3.50. The van der Waals surface area contributed by atoms with Gasteiger partial charge in [-0.05, 0) is 36.4 Å². The number of amides is 2. The van der Waals surface area contributed by atoms with E-state index in [1.807, 2.05) is 0 Å². The molecular weight excluding hydrogens is 292 g/mol. The molecule has 1 aliphatic rings. The molecule has 2 amide bonds. The fraction of sp³-hybridized carbons (Fsp3) is 0.0667. The summed E-state index contributed by atoms with van der Waals surface area (Å²) < 4.78 is 5.30. The minimum Gasteiger partial charge on any atom is -0.481 e. The van der Waals surface area contributed by atoms with E-state index < -0.39 is 0 Å². The highest BCUT2D eigenvalue weighted by atomic mass is 35.5. The Hall–Kier alpha value is -2.53. The van der Waals surface area contributed by atoms with E-state index in [1.165, 1.54) is 0 Å². The molecule has 2 aromatic rings. The van der Waals surface area contributed by atoms with Crippen molar-refractivity contribution < 1.29 is 14.3 Å². The maximum atomic E-state index is 12.2. The molecule has 5 nitrogen and oxygen atoms in total. The summed E-state index contributed by atoms with van der Waals surface area (Å²) >= 11 is 5.79. The normalized spacial score (nSPS) is 12.9. The Morgan fingerprint density at radius 1 is 1.19 bits per heavy atom. The van der Waals surface area contributed by atoms with E-state index in [0.29, 0.717) is 27.7 Å². The van der Waals surface area contributed by atoms with Gasteiger partial charge in [0.15, 0.2) is 6.61 Å². The zero-order valence-electron chi connectivity index (χ0n) is 10.9. The average Bonchev–Trinajstić information content (AvgIpc) is 2.48. The highest BCUT2D eigenvalue weighted by Gasteiger charge is 2.20. The first kappa shape index (κ1) is 13.5. The molecule has 0 spiro atoms. The fourth-order valence-corrected chi connectivity index (χ4v) is 2.13. The van der Waals surface area contributed by atoms with Crippen LogP contribution < -0.4 is 15.4 Å². The molecule has 0 saturated carbocycles. The molecule has 1 aliphatic heterocycles. The Morgan fingerprint density at radius 2 is 1.95 bits per heavy atom. The first-order valence-corrected chi connectivity index (χ1v) is 6.64. The monoisotopic (exact) mass is 302 g/mol. The summed E-state index contributed by atoms with van der Waals surface area (Å²) in [5.41, 5.74) is 1.43. The van der Waals surface area contributed by atoms with Crippen LogP contribution in [-0.4, -0.2) is 18.4 Å². The zero-order chi connectivity index (χ0) is 14.8. The fourth-order valence-electron chi connectivity index (χ4n) is 2.00. The predicted octanol–water partition coefficient (Wildman–Crippen LogP) is 2.92. The molecular formula is C15H11ClN2O3. The Morgan fingerprint density at radius 3 is 2.71 bits per heavy atom. The summed E-state index contributed by atoms with van der Waals surface area (Å²) in [7, 11) is 0.